The molecule has 26 heavy (non-hydrogen) atoms. The maximum atomic E-state index is 12.7. The van der Waals surface area contributed by atoms with Gasteiger partial charge in [-0.05, 0) is 45.8 Å². The molecule has 2 aromatic rings. The Morgan fingerprint density at radius 1 is 1.35 bits per heavy atom. The van der Waals surface area contributed by atoms with Crippen LogP contribution in [0.3, 0.4) is 0 Å². The van der Waals surface area contributed by atoms with Gasteiger partial charge >= 0.3 is 6.18 Å². The first-order chi connectivity index (χ1) is 12.1. The van der Waals surface area contributed by atoms with E-state index in [1.165, 1.54) is 19.4 Å². The Bertz CT molecular complexity index is 852. The second-order valence-corrected chi connectivity index (χ2v) is 6.14. The summed E-state index contributed by atoms with van der Waals surface area (Å²) < 4.78 is 43.7. The van der Waals surface area contributed by atoms with E-state index in [1.54, 1.807) is 6.07 Å². The number of hydrogen-bond donors (Lipinski definition) is 1. The predicted molar refractivity (Wildman–Crippen MR) is 95.0 cm³/mol. The Kier molecular flexibility index (Phi) is 6.09. The highest BCUT2D eigenvalue weighted by Gasteiger charge is 2.33. The molecule has 0 saturated carbocycles. The molecular weight excluding hydrogens is 443 g/mol. The smallest absolute Gasteiger partial charge is 0.416 e. The van der Waals surface area contributed by atoms with E-state index < -0.39 is 22.4 Å². The van der Waals surface area contributed by atoms with Crippen LogP contribution in [0.5, 0.6) is 5.75 Å². The second-order valence-electron chi connectivity index (χ2n) is 4.87. The fraction of sp³-hybridized carbons (Fsp3) is 0.133. The third-order valence-corrected chi connectivity index (χ3v) is 4.01. The molecule has 0 radical (unpaired) electrons. The average Bonchev–Trinajstić information content (AvgIpc) is 2.53. The van der Waals surface area contributed by atoms with Crippen LogP contribution in [0, 0.1) is 10.1 Å². The highest BCUT2D eigenvalue weighted by atomic mass is 79.9. The van der Waals surface area contributed by atoms with Crippen LogP contribution in [0.1, 0.15) is 11.1 Å². The number of rotatable bonds is 5. The van der Waals surface area contributed by atoms with E-state index in [1.807, 2.05) is 0 Å². The molecule has 0 aliphatic rings. The third kappa shape index (κ3) is 4.64. The number of hydrazone groups is 1. The van der Waals surface area contributed by atoms with Crippen molar-refractivity contribution in [3.63, 3.8) is 0 Å². The molecule has 0 atom stereocenters. The van der Waals surface area contributed by atoms with Gasteiger partial charge in [-0.3, -0.25) is 15.5 Å². The summed E-state index contributed by atoms with van der Waals surface area (Å²) in [5, 5.41) is 15.1. The summed E-state index contributed by atoms with van der Waals surface area (Å²) >= 11 is 9.29. The zero-order valence-corrected chi connectivity index (χ0v) is 15.3. The molecule has 0 fully saturated rings. The van der Waals surface area contributed by atoms with Gasteiger partial charge < -0.3 is 4.74 Å². The first-order valence-electron chi connectivity index (χ1n) is 6.81. The molecule has 0 unspecified atom stereocenters. The van der Waals surface area contributed by atoms with Crippen molar-refractivity contribution in [1.82, 2.24) is 0 Å². The molecule has 11 heteroatoms. The maximum absolute atomic E-state index is 12.7. The lowest BCUT2D eigenvalue weighted by Crippen LogP contribution is -2.06. The Labute approximate surface area is 158 Å². The summed E-state index contributed by atoms with van der Waals surface area (Å²) in [5.74, 6) is 0.426. The van der Waals surface area contributed by atoms with Crippen LogP contribution < -0.4 is 10.2 Å². The fourth-order valence-electron chi connectivity index (χ4n) is 1.98. The van der Waals surface area contributed by atoms with Crippen molar-refractivity contribution in [1.29, 1.82) is 0 Å². The summed E-state index contributed by atoms with van der Waals surface area (Å²) in [5.41, 5.74) is 0.844. The lowest BCUT2D eigenvalue weighted by Gasteiger charge is -2.08. The normalized spacial score (nSPS) is 11.6. The monoisotopic (exact) mass is 451 g/mol. The molecule has 2 rings (SSSR count). The summed E-state index contributed by atoms with van der Waals surface area (Å²) in [6.07, 6.45) is -3.38. The minimum absolute atomic E-state index is 0.182. The summed E-state index contributed by atoms with van der Waals surface area (Å²) in [4.78, 5) is 10.1. The molecule has 0 spiro atoms. The lowest BCUT2D eigenvalue weighted by atomic mass is 10.1. The minimum atomic E-state index is -4.68. The van der Waals surface area contributed by atoms with Crippen molar-refractivity contribution in [2.24, 2.45) is 5.10 Å². The quantitative estimate of drug-likeness (QED) is 0.370. The van der Waals surface area contributed by atoms with Gasteiger partial charge in [-0.1, -0.05) is 11.6 Å². The molecule has 2 aromatic carbocycles. The Balaban J connectivity index is 2.26. The number of nitrogens with zero attached hydrogens (tertiary/aromatic N) is 2. The van der Waals surface area contributed by atoms with Crippen LogP contribution in [0.2, 0.25) is 5.02 Å². The Hall–Kier alpha value is -2.33. The molecule has 138 valence electrons. The molecule has 0 aromatic heterocycles. The maximum Gasteiger partial charge on any atom is 0.416 e. The van der Waals surface area contributed by atoms with E-state index in [0.717, 1.165) is 12.1 Å². The highest BCUT2D eigenvalue weighted by Crippen LogP contribution is 2.35. The molecule has 0 bridgehead atoms. The van der Waals surface area contributed by atoms with Crippen molar-refractivity contribution in [2.75, 3.05) is 12.5 Å². The standard InChI is InChI=1S/C15H10BrClF3N3O3/c1-26-14-10(16)4-8(5-11(14)17)7-21-22-12-3-2-9(15(18,19)20)6-13(12)23(24)25/h2-7,22H,1H3/b21-7-. The van der Waals surface area contributed by atoms with E-state index in [9.17, 15) is 23.3 Å². The van der Waals surface area contributed by atoms with Gasteiger partial charge in [0.1, 0.15) is 5.69 Å². The summed E-state index contributed by atoms with van der Waals surface area (Å²) in [6, 6.07) is 5.29. The average molecular weight is 453 g/mol. The molecule has 1 N–H and O–H groups in total. The molecule has 0 aliphatic heterocycles. The van der Waals surface area contributed by atoms with Crippen molar-refractivity contribution in [2.45, 2.75) is 6.18 Å². The number of ether oxygens (including phenoxy) is 1. The van der Waals surface area contributed by atoms with E-state index >= 15 is 0 Å². The molecule has 0 saturated heterocycles. The topological polar surface area (TPSA) is 76.8 Å². The summed E-state index contributed by atoms with van der Waals surface area (Å²) in [6.45, 7) is 0. The zero-order valence-electron chi connectivity index (χ0n) is 13.0. The predicted octanol–water partition coefficient (Wildman–Crippen LogP) is 5.48. The fourth-order valence-corrected chi connectivity index (χ4v) is 3.04. The van der Waals surface area contributed by atoms with Gasteiger partial charge in [-0.25, -0.2) is 0 Å². The number of benzene rings is 2. The zero-order chi connectivity index (χ0) is 19.5. The van der Waals surface area contributed by atoms with Gasteiger partial charge in [-0.15, -0.1) is 0 Å². The number of methoxy groups -OCH3 is 1. The van der Waals surface area contributed by atoms with Crippen LogP contribution in [0.15, 0.2) is 39.9 Å². The van der Waals surface area contributed by atoms with Gasteiger partial charge in [0.2, 0.25) is 0 Å². The van der Waals surface area contributed by atoms with Crippen LogP contribution in [-0.4, -0.2) is 18.2 Å². The number of alkyl halides is 3. The van der Waals surface area contributed by atoms with E-state index in [2.05, 4.69) is 26.5 Å². The SMILES string of the molecule is COc1c(Cl)cc(/C=N\Nc2ccc(C(F)(F)F)cc2[N+](=O)[O-])cc1Br. The molecule has 6 nitrogen and oxygen atoms in total. The Morgan fingerprint density at radius 3 is 2.58 bits per heavy atom. The molecule has 0 amide bonds. The Morgan fingerprint density at radius 2 is 2.04 bits per heavy atom. The van der Waals surface area contributed by atoms with Crippen molar-refractivity contribution in [3.05, 3.63) is 61.1 Å². The number of halogens is 5. The highest BCUT2D eigenvalue weighted by molar-refractivity contribution is 9.10. The first-order valence-corrected chi connectivity index (χ1v) is 7.98. The van der Waals surface area contributed by atoms with Crippen molar-refractivity contribution < 1.29 is 22.8 Å². The number of nitro groups is 1. The van der Waals surface area contributed by atoms with Crippen LogP contribution >= 0.6 is 27.5 Å². The minimum Gasteiger partial charge on any atom is -0.494 e. The van der Waals surface area contributed by atoms with Crippen molar-refractivity contribution in [3.8, 4) is 5.75 Å². The van der Waals surface area contributed by atoms with E-state index in [0.29, 0.717) is 26.9 Å². The number of anilines is 1. The summed E-state index contributed by atoms with van der Waals surface area (Å²) in [7, 11) is 1.45. The van der Waals surface area contributed by atoms with Gasteiger partial charge in [0.05, 0.1) is 33.3 Å². The van der Waals surface area contributed by atoms with Crippen LogP contribution in [0.25, 0.3) is 0 Å². The molecule has 0 heterocycles. The second kappa shape index (κ2) is 7.92. The van der Waals surface area contributed by atoms with Gasteiger partial charge in [0.25, 0.3) is 5.69 Å². The number of nitrogens with one attached hydrogen (secondary N) is 1. The third-order valence-electron chi connectivity index (χ3n) is 3.15. The van der Waals surface area contributed by atoms with Crippen LogP contribution in [-0.2, 0) is 6.18 Å². The van der Waals surface area contributed by atoms with E-state index in [4.69, 9.17) is 16.3 Å². The first kappa shape index (κ1) is 20.0. The largest absolute Gasteiger partial charge is 0.494 e. The lowest BCUT2D eigenvalue weighted by molar-refractivity contribution is -0.384. The van der Waals surface area contributed by atoms with Crippen molar-refractivity contribution >= 4 is 45.1 Å². The number of nitro benzene ring substituents is 1. The van der Waals surface area contributed by atoms with E-state index in [-0.39, 0.29) is 5.69 Å². The number of hydrogen-bond acceptors (Lipinski definition) is 5. The van der Waals surface area contributed by atoms with Gasteiger partial charge in [0.15, 0.2) is 5.75 Å². The molecular formula is C15H10BrClF3N3O3. The molecule has 0 aliphatic carbocycles. The van der Waals surface area contributed by atoms with Crippen LogP contribution in [0.4, 0.5) is 24.5 Å². The van der Waals surface area contributed by atoms with Gasteiger partial charge in [-0.2, -0.15) is 18.3 Å². The van der Waals surface area contributed by atoms with Gasteiger partial charge in [0, 0.05) is 6.07 Å².